The fourth-order valence-corrected chi connectivity index (χ4v) is 2.14. The van der Waals surface area contributed by atoms with E-state index in [9.17, 15) is 4.79 Å². The molecule has 4 heteroatoms. The first-order valence-corrected chi connectivity index (χ1v) is 6.17. The number of aromatic nitrogens is 1. The number of pyridine rings is 1. The molecule has 3 aromatic rings. The van der Waals surface area contributed by atoms with Crippen molar-refractivity contribution >= 4 is 27.0 Å². The molecule has 0 aliphatic heterocycles. The number of benzene rings is 1. The highest BCUT2D eigenvalue weighted by molar-refractivity contribution is 9.10. The first-order valence-electron chi connectivity index (χ1n) is 5.38. The minimum Gasteiger partial charge on any atom is -0.445 e. The minimum atomic E-state index is -0.0729. The van der Waals surface area contributed by atoms with Crippen LogP contribution in [0.25, 0.3) is 22.2 Å². The number of fused-ring (bicyclic) bond motifs is 1. The first-order chi connectivity index (χ1) is 8.75. The van der Waals surface area contributed by atoms with E-state index in [2.05, 4.69) is 20.9 Å². The van der Waals surface area contributed by atoms with Gasteiger partial charge in [-0.2, -0.15) is 0 Å². The Hall–Kier alpha value is -1.94. The van der Waals surface area contributed by atoms with Crippen LogP contribution in [0.4, 0.5) is 0 Å². The summed E-state index contributed by atoms with van der Waals surface area (Å²) in [6.07, 6.45) is 3.06. The van der Waals surface area contributed by atoms with Gasteiger partial charge in [-0.1, -0.05) is 30.3 Å². The van der Waals surface area contributed by atoms with Crippen LogP contribution in [0.3, 0.4) is 0 Å². The van der Waals surface area contributed by atoms with Gasteiger partial charge in [0, 0.05) is 10.7 Å². The van der Waals surface area contributed by atoms with Crippen molar-refractivity contribution < 1.29 is 4.42 Å². The molecule has 1 aromatic carbocycles. The van der Waals surface area contributed by atoms with Gasteiger partial charge >= 0.3 is 0 Å². The predicted molar refractivity (Wildman–Crippen MR) is 73.4 cm³/mol. The summed E-state index contributed by atoms with van der Waals surface area (Å²) in [6.45, 7) is 0. The number of rotatable bonds is 1. The van der Waals surface area contributed by atoms with Crippen LogP contribution in [0.1, 0.15) is 0 Å². The van der Waals surface area contributed by atoms with Gasteiger partial charge in [-0.25, -0.2) is 4.98 Å². The molecule has 0 spiro atoms. The predicted octanol–water partition coefficient (Wildman–Crippen LogP) is 3.62. The summed E-state index contributed by atoms with van der Waals surface area (Å²) in [5.41, 5.74) is 1.66. The van der Waals surface area contributed by atoms with Crippen LogP contribution >= 0.6 is 15.9 Å². The van der Waals surface area contributed by atoms with E-state index < -0.39 is 0 Å². The van der Waals surface area contributed by atoms with Gasteiger partial charge in [-0.3, -0.25) is 4.79 Å². The number of halogens is 1. The normalized spacial score (nSPS) is 10.7. The molecule has 0 atom stereocenters. The Morgan fingerprint density at radius 1 is 1.17 bits per heavy atom. The number of nitrogens with zero attached hydrogens (tertiary/aromatic N) is 1. The maximum Gasteiger partial charge on any atom is 0.229 e. The molecular weight excluding hydrogens is 294 g/mol. The Morgan fingerprint density at radius 3 is 2.72 bits per heavy atom. The lowest BCUT2D eigenvalue weighted by atomic mass is 10.1. The largest absolute Gasteiger partial charge is 0.445 e. The highest BCUT2D eigenvalue weighted by Gasteiger charge is 2.09. The Kier molecular flexibility index (Phi) is 2.72. The molecule has 0 unspecified atom stereocenters. The highest BCUT2D eigenvalue weighted by atomic mass is 79.9. The third-order valence-electron chi connectivity index (χ3n) is 2.68. The molecule has 3 rings (SSSR count). The van der Waals surface area contributed by atoms with Crippen LogP contribution in [0.5, 0.6) is 0 Å². The topological polar surface area (TPSA) is 43.1 Å². The summed E-state index contributed by atoms with van der Waals surface area (Å²) in [6, 6.07) is 11.2. The molecule has 0 radical (unpaired) electrons. The lowest BCUT2D eigenvalue weighted by molar-refractivity contribution is 0.591. The zero-order valence-corrected chi connectivity index (χ0v) is 10.8. The summed E-state index contributed by atoms with van der Waals surface area (Å²) in [7, 11) is 0. The van der Waals surface area contributed by atoms with Gasteiger partial charge in [0.15, 0.2) is 0 Å². The highest BCUT2D eigenvalue weighted by Crippen LogP contribution is 2.20. The number of hydrogen-bond acceptors (Lipinski definition) is 3. The van der Waals surface area contributed by atoms with E-state index in [1.807, 2.05) is 30.3 Å². The van der Waals surface area contributed by atoms with Crippen LogP contribution in [0.15, 0.2) is 62.5 Å². The molecule has 0 aliphatic rings. The zero-order valence-electron chi connectivity index (χ0n) is 9.26. The van der Waals surface area contributed by atoms with E-state index in [0.717, 1.165) is 10.0 Å². The molecule has 0 aliphatic carbocycles. The Balaban J connectivity index is 2.33. The summed E-state index contributed by atoms with van der Waals surface area (Å²) >= 11 is 3.30. The SMILES string of the molecule is O=c1c(-c2ccccc2)coc2ncc(Br)cc12. The summed E-state index contributed by atoms with van der Waals surface area (Å²) in [5, 5.41) is 0.478. The second-order valence-electron chi connectivity index (χ2n) is 3.85. The monoisotopic (exact) mass is 301 g/mol. The van der Waals surface area contributed by atoms with Crippen molar-refractivity contribution in [2.75, 3.05) is 0 Å². The van der Waals surface area contributed by atoms with E-state index in [-0.39, 0.29) is 5.43 Å². The van der Waals surface area contributed by atoms with Crippen LogP contribution in [0.2, 0.25) is 0 Å². The summed E-state index contributed by atoms with van der Waals surface area (Å²) in [5.74, 6) is 0. The quantitative estimate of drug-likeness (QED) is 0.689. The van der Waals surface area contributed by atoms with Gasteiger partial charge < -0.3 is 4.42 Å². The maximum atomic E-state index is 12.4. The Morgan fingerprint density at radius 2 is 1.94 bits per heavy atom. The maximum absolute atomic E-state index is 12.4. The van der Waals surface area contributed by atoms with Gasteiger partial charge in [-0.05, 0) is 27.6 Å². The summed E-state index contributed by atoms with van der Waals surface area (Å²) in [4.78, 5) is 16.4. The lowest BCUT2D eigenvalue weighted by Gasteiger charge is -2.02. The van der Waals surface area contributed by atoms with Crippen LogP contribution < -0.4 is 5.43 Å². The molecule has 0 fully saturated rings. The average molecular weight is 302 g/mol. The van der Waals surface area contributed by atoms with Crippen LogP contribution in [0, 0.1) is 0 Å². The molecule has 0 saturated heterocycles. The first kappa shape index (κ1) is 11.2. The van der Waals surface area contributed by atoms with Crippen molar-refractivity contribution in [3.8, 4) is 11.1 Å². The van der Waals surface area contributed by atoms with Crippen molar-refractivity contribution in [1.82, 2.24) is 4.98 Å². The van der Waals surface area contributed by atoms with E-state index in [1.54, 1.807) is 12.3 Å². The van der Waals surface area contributed by atoms with Gasteiger partial charge in [0.1, 0.15) is 6.26 Å². The molecule has 0 saturated carbocycles. The van der Waals surface area contributed by atoms with E-state index in [1.165, 1.54) is 6.26 Å². The van der Waals surface area contributed by atoms with Gasteiger partial charge in [0.05, 0.1) is 10.9 Å². The molecule has 0 bridgehead atoms. The molecule has 3 nitrogen and oxygen atoms in total. The van der Waals surface area contributed by atoms with Crippen molar-refractivity contribution in [2.45, 2.75) is 0 Å². The smallest absolute Gasteiger partial charge is 0.229 e. The van der Waals surface area contributed by atoms with Crippen LogP contribution in [-0.2, 0) is 0 Å². The fraction of sp³-hybridized carbons (Fsp3) is 0. The molecule has 0 N–H and O–H groups in total. The van der Waals surface area contributed by atoms with E-state index >= 15 is 0 Å². The van der Waals surface area contributed by atoms with Gasteiger partial charge in [-0.15, -0.1) is 0 Å². The molecule has 2 heterocycles. The second-order valence-corrected chi connectivity index (χ2v) is 4.77. The molecule has 18 heavy (non-hydrogen) atoms. The van der Waals surface area contributed by atoms with Crippen molar-refractivity contribution in [1.29, 1.82) is 0 Å². The third kappa shape index (κ3) is 1.84. The molecular formula is C14H8BrNO2. The van der Waals surface area contributed by atoms with Crippen molar-refractivity contribution in [2.24, 2.45) is 0 Å². The summed E-state index contributed by atoms with van der Waals surface area (Å²) < 4.78 is 6.16. The van der Waals surface area contributed by atoms with E-state index in [4.69, 9.17) is 4.42 Å². The fourth-order valence-electron chi connectivity index (χ4n) is 1.81. The standard InChI is InChI=1S/C14H8BrNO2/c15-10-6-11-13(17)12(8-18-14(11)16-7-10)9-4-2-1-3-5-9/h1-8H. The van der Waals surface area contributed by atoms with Crippen molar-refractivity contribution in [3.05, 3.63) is 63.6 Å². The third-order valence-corrected chi connectivity index (χ3v) is 3.11. The molecule has 0 amide bonds. The molecule has 2 aromatic heterocycles. The minimum absolute atomic E-state index is 0.0729. The van der Waals surface area contributed by atoms with E-state index in [0.29, 0.717) is 16.7 Å². The average Bonchev–Trinajstić information content (AvgIpc) is 2.41. The zero-order chi connectivity index (χ0) is 12.5. The number of hydrogen-bond donors (Lipinski definition) is 0. The second kappa shape index (κ2) is 4.38. The Bertz CT molecular complexity index is 766. The van der Waals surface area contributed by atoms with Gasteiger partial charge in [0.2, 0.25) is 11.1 Å². The molecule has 88 valence electrons. The van der Waals surface area contributed by atoms with Gasteiger partial charge in [0.25, 0.3) is 0 Å². The van der Waals surface area contributed by atoms with Crippen molar-refractivity contribution in [3.63, 3.8) is 0 Å². The van der Waals surface area contributed by atoms with Crippen LogP contribution in [-0.4, -0.2) is 4.98 Å². The lowest BCUT2D eigenvalue weighted by Crippen LogP contribution is -2.05. The Labute approximate surface area is 111 Å².